The molecule has 0 radical (unpaired) electrons. The Labute approximate surface area is 107 Å². The predicted molar refractivity (Wildman–Crippen MR) is 71.6 cm³/mol. The van der Waals surface area contributed by atoms with Crippen LogP contribution in [0.25, 0.3) is 21.6 Å². The van der Waals surface area contributed by atoms with Crippen LogP contribution >= 0.6 is 11.3 Å². The molecule has 0 spiro atoms. The van der Waals surface area contributed by atoms with Gasteiger partial charge in [-0.15, -0.1) is 0 Å². The van der Waals surface area contributed by atoms with Crippen molar-refractivity contribution in [1.29, 1.82) is 0 Å². The zero-order valence-corrected chi connectivity index (χ0v) is 10.4. The van der Waals surface area contributed by atoms with Crippen LogP contribution in [0.5, 0.6) is 5.75 Å². The molecule has 0 amide bonds. The zero-order valence-electron chi connectivity index (χ0n) is 9.62. The Hall–Kier alpha value is -2.21. The first kappa shape index (κ1) is 10.9. The fraction of sp³-hybridized carbons (Fsp3) is 0.0833. The van der Waals surface area contributed by atoms with Gasteiger partial charge in [-0.3, -0.25) is 4.98 Å². The highest BCUT2D eigenvalue weighted by Crippen LogP contribution is 2.26. The molecule has 0 saturated heterocycles. The van der Waals surface area contributed by atoms with Crippen molar-refractivity contribution in [3.05, 3.63) is 30.6 Å². The summed E-state index contributed by atoms with van der Waals surface area (Å²) < 4.78 is 5.15. The number of ether oxygens (including phenoxy) is 1. The van der Waals surface area contributed by atoms with E-state index >= 15 is 0 Å². The molecule has 0 aromatic carbocycles. The van der Waals surface area contributed by atoms with Crippen LogP contribution in [0.3, 0.4) is 0 Å². The molecule has 2 N–H and O–H groups in total. The molecule has 0 atom stereocenters. The van der Waals surface area contributed by atoms with Crippen molar-refractivity contribution in [2.24, 2.45) is 0 Å². The first-order valence-corrected chi connectivity index (χ1v) is 6.10. The van der Waals surface area contributed by atoms with Gasteiger partial charge in [0.05, 0.1) is 19.0 Å². The maximum atomic E-state index is 5.66. The van der Waals surface area contributed by atoms with E-state index in [0.29, 0.717) is 10.9 Å². The number of hydrogen-bond donors (Lipinski definition) is 1. The van der Waals surface area contributed by atoms with E-state index in [1.165, 1.54) is 11.3 Å². The van der Waals surface area contributed by atoms with Crippen molar-refractivity contribution < 1.29 is 4.74 Å². The van der Waals surface area contributed by atoms with Crippen LogP contribution in [0.4, 0.5) is 5.13 Å². The van der Waals surface area contributed by atoms with Crippen LogP contribution in [0.1, 0.15) is 0 Å². The molecule has 0 unspecified atom stereocenters. The lowest BCUT2D eigenvalue weighted by molar-refractivity contribution is 0.413. The van der Waals surface area contributed by atoms with Crippen molar-refractivity contribution in [2.75, 3.05) is 12.8 Å². The van der Waals surface area contributed by atoms with Gasteiger partial charge in [0.2, 0.25) is 0 Å². The number of methoxy groups -OCH3 is 1. The minimum atomic E-state index is 0.526. The van der Waals surface area contributed by atoms with Gasteiger partial charge in [0.25, 0.3) is 0 Å². The van der Waals surface area contributed by atoms with Crippen LogP contribution in [-0.4, -0.2) is 22.1 Å². The Morgan fingerprint density at radius 1 is 1.22 bits per heavy atom. The molecular formula is C12H10N4OS. The summed E-state index contributed by atoms with van der Waals surface area (Å²) in [5.41, 5.74) is 8.21. The molecular weight excluding hydrogens is 248 g/mol. The molecule has 3 aromatic heterocycles. The van der Waals surface area contributed by atoms with E-state index < -0.39 is 0 Å². The van der Waals surface area contributed by atoms with Gasteiger partial charge < -0.3 is 10.5 Å². The molecule has 18 heavy (non-hydrogen) atoms. The van der Waals surface area contributed by atoms with Gasteiger partial charge in [0.15, 0.2) is 5.13 Å². The minimum Gasteiger partial charge on any atom is -0.495 e. The summed E-state index contributed by atoms with van der Waals surface area (Å²) in [6.07, 6.45) is 3.41. The average Bonchev–Trinajstić information content (AvgIpc) is 2.77. The summed E-state index contributed by atoms with van der Waals surface area (Å²) >= 11 is 1.37. The predicted octanol–water partition coefficient (Wildman–Crippen LogP) is 2.34. The van der Waals surface area contributed by atoms with Gasteiger partial charge in [-0.05, 0) is 18.2 Å². The van der Waals surface area contributed by atoms with Gasteiger partial charge >= 0.3 is 0 Å². The zero-order chi connectivity index (χ0) is 12.5. The van der Waals surface area contributed by atoms with Gasteiger partial charge in [-0.25, -0.2) is 9.97 Å². The molecule has 0 aliphatic carbocycles. The summed E-state index contributed by atoms with van der Waals surface area (Å²) in [5.74, 6) is 0.707. The quantitative estimate of drug-likeness (QED) is 0.763. The Bertz CT molecular complexity index is 710. The Morgan fingerprint density at radius 3 is 2.94 bits per heavy atom. The van der Waals surface area contributed by atoms with Crippen LogP contribution in [0.2, 0.25) is 0 Å². The minimum absolute atomic E-state index is 0.526. The van der Waals surface area contributed by atoms with Gasteiger partial charge in [0, 0.05) is 11.8 Å². The van der Waals surface area contributed by atoms with Crippen molar-refractivity contribution in [1.82, 2.24) is 15.0 Å². The second kappa shape index (κ2) is 4.23. The molecule has 0 aliphatic rings. The van der Waals surface area contributed by atoms with Gasteiger partial charge in [0.1, 0.15) is 16.1 Å². The van der Waals surface area contributed by atoms with Gasteiger partial charge in [-0.2, -0.15) is 0 Å². The number of nitrogens with zero attached hydrogens (tertiary/aromatic N) is 3. The number of aromatic nitrogens is 3. The number of anilines is 1. The van der Waals surface area contributed by atoms with Crippen LogP contribution in [0, 0.1) is 0 Å². The number of hydrogen-bond acceptors (Lipinski definition) is 6. The smallest absolute Gasteiger partial charge is 0.182 e. The number of rotatable bonds is 2. The standard InChI is InChI=1S/C12H10N4OS/c1-17-8-4-7(5-14-6-8)9-2-3-10-11(15-9)18-12(13)16-10/h2-6H,1H3,(H2,13,16). The molecule has 3 heterocycles. The van der Waals surface area contributed by atoms with Crippen molar-refractivity contribution in [3.8, 4) is 17.0 Å². The third kappa shape index (κ3) is 1.86. The highest BCUT2D eigenvalue weighted by Gasteiger charge is 2.06. The lowest BCUT2D eigenvalue weighted by Gasteiger charge is -2.02. The molecule has 6 heteroatoms. The number of thiazole rings is 1. The summed E-state index contributed by atoms with van der Waals surface area (Å²) in [7, 11) is 1.61. The van der Waals surface area contributed by atoms with Crippen molar-refractivity contribution in [2.45, 2.75) is 0 Å². The average molecular weight is 258 g/mol. The van der Waals surface area contributed by atoms with E-state index in [-0.39, 0.29) is 0 Å². The lowest BCUT2D eigenvalue weighted by Crippen LogP contribution is -1.88. The first-order valence-electron chi connectivity index (χ1n) is 5.29. The first-order chi connectivity index (χ1) is 8.76. The number of nitrogens with two attached hydrogens (primary N) is 1. The van der Waals surface area contributed by atoms with Crippen molar-refractivity contribution >= 4 is 26.8 Å². The summed E-state index contributed by atoms with van der Waals surface area (Å²) in [5, 5.41) is 0.526. The van der Waals surface area contributed by atoms with Gasteiger partial charge in [-0.1, -0.05) is 11.3 Å². The second-order valence-electron chi connectivity index (χ2n) is 3.69. The molecule has 3 aromatic rings. The maximum Gasteiger partial charge on any atom is 0.182 e. The van der Waals surface area contributed by atoms with Crippen LogP contribution in [0.15, 0.2) is 30.6 Å². The van der Waals surface area contributed by atoms with E-state index in [1.807, 2.05) is 18.2 Å². The van der Waals surface area contributed by atoms with E-state index in [4.69, 9.17) is 10.5 Å². The molecule has 5 nitrogen and oxygen atoms in total. The molecule has 0 fully saturated rings. The van der Waals surface area contributed by atoms with E-state index in [1.54, 1.807) is 19.5 Å². The van der Waals surface area contributed by atoms with Crippen LogP contribution in [-0.2, 0) is 0 Å². The number of fused-ring (bicyclic) bond motifs is 1. The largest absolute Gasteiger partial charge is 0.495 e. The summed E-state index contributed by atoms with van der Waals surface area (Å²) in [4.78, 5) is 13.6. The summed E-state index contributed by atoms with van der Waals surface area (Å²) in [6.45, 7) is 0. The molecule has 3 rings (SSSR count). The van der Waals surface area contributed by atoms with Crippen molar-refractivity contribution in [3.63, 3.8) is 0 Å². The summed E-state index contributed by atoms with van der Waals surface area (Å²) in [6, 6.07) is 5.70. The third-order valence-corrected chi connectivity index (χ3v) is 3.31. The second-order valence-corrected chi connectivity index (χ2v) is 4.70. The Balaban J connectivity index is 2.12. The van der Waals surface area contributed by atoms with E-state index in [0.717, 1.165) is 21.6 Å². The Kier molecular flexibility index (Phi) is 2.56. The SMILES string of the molecule is COc1cncc(-c2ccc3nc(N)sc3n2)c1. The topological polar surface area (TPSA) is 73.9 Å². The normalized spacial score (nSPS) is 10.7. The van der Waals surface area contributed by atoms with Crippen LogP contribution < -0.4 is 10.5 Å². The molecule has 0 bridgehead atoms. The fourth-order valence-corrected chi connectivity index (χ4v) is 2.37. The van der Waals surface area contributed by atoms with E-state index in [9.17, 15) is 0 Å². The Morgan fingerprint density at radius 2 is 2.11 bits per heavy atom. The number of nitrogen functional groups attached to an aromatic ring is 1. The molecule has 90 valence electrons. The fourth-order valence-electron chi connectivity index (χ4n) is 1.67. The number of pyridine rings is 2. The lowest BCUT2D eigenvalue weighted by atomic mass is 10.2. The van der Waals surface area contributed by atoms with E-state index in [2.05, 4.69) is 15.0 Å². The maximum absolute atomic E-state index is 5.66. The molecule has 0 saturated carbocycles. The monoisotopic (exact) mass is 258 g/mol. The highest BCUT2D eigenvalue weighted by molar-refractivity contribution is 7.21. The third-order valence-electron chi connectivity index (χ3n) is 2.52. The highest BCUT2D eigenvalue weighted by atomic mass is 32.1. The molecule has 0 aliphatic heterocycles.